The molecular formula is C14H18N4. The third-order valence-corrected chi connectivity index (χ3v) is 3.72. The average molecular weight is 242 g/mol. The van der Waals surface area contributed by atoms with Crippen LogP contribution in [0.15, 0.2) is 24.3 Å². The molecule has 3 rings (SSSR count). The smallest absolute Gasteiger partial charge is 0.182 e. The van der Waals surface area contributed by atoms with Gasteiger partial charge in [0.25, 0.3) is 0 Å². The number of benzene rings is 1. The summed E-state index contributed by atoms with van der Waals surface area (Å²) in [4.78, 5) is 0. The molecule has 1 saturated carbocycles. The minimum absolute atomic E-state index is 0.477. The van der Waals surface area contributed by atoms with E-state index in [9.17, 15) is 0 Å². The van der Waals surface area contributed by atoms with Crippen molar-refractivity contribution < 1.29 is 0 Å². The maximum absolute atomic E-state index is 4.19. The molecule has 0 bridgehead atoms. The second-order valence-electron chi connectivity index (χ2n) is 5.10. The Labute approximate surface area is 107 Å². The molecule has 1 aliphatic rings. The summed E-state index contributed by atoms with van der Waals surface area (Å²) in [5, 5.41) is 12.2. The van der Waals surface area contributed by atoms with Gasteiger partial charge in [-0.3, -0.25) is 0 Å². The van der Waals surface area contributed by atoms with Gasteiger partial charge in [-0.05, 0) is 30.2 Å². The maximum atomic E-state index is 4.19. The fourth-order valence-corrected chi connectivity index (χ4v) is 2.66. The Morgan fingerprint density at radius 3 is 2.50 bits per heavy atom. The molecule has 0 amide bonds. The van der Waals surface area contributed by atoms with Crippen LogP contribution in [0.3, 0.4) is 0 Å². The lowest BCUT2D eigenvalue weighted by Crippen LogP contribution is -2.15. The van der Waals surface area contributed by atoms with Crippen LogP contribution in [-0.2, 0) is 0 Å². The highest BCUT2D eigenvalue weighted by molar-refractivity contribution is 5.55. The topological polar surface area (TPSA) is 43.6 Å². The van der Waals surface area contributed by atoms with Gasteiger partial charge in [-0.25, -0.2) is 4.68 Å². The van der Waals surface area contributed by atoms with Crippen LogP contribution < -0.4 is 0 Å². The third-order valence-electron chi connectivity index (χ3n) is 3.72. The molecule has 1 heterocycles. The van der Waals surface area contributed by atoms with Gasteiger partial charge < -0.3 is 0 Å². The zero-order valence-electron chi connectivity index (χ0n) is 10.7. The number of hydrogen-bond acceptors (Lipinski definition) is 3. The summed E-state index contributed by atoms with van der Waals surface area (Å²) >= 11 is 0. The average Bonchev–Trinajstić information content (AvgIpc) is 2.90. The van der Waals surface area contributed by atoms with Crippen molar-refractivity contribution in [3.63, 3.8) is 0 Å². The Balaban J connectivity index is 1.93. The van der Waals surface area contributed by atoms with Crippen LogP contribution >= 0.6 is 0 Å². The van der Waals surface area contributed by atoms with Crippen molar-refractivity contribution in [2.75, 3.05) is 0 Å². The molecule has 0 atom stereocenters. The Bertz CT molecular complexity index is 509. The molecule has 1 aromatic carbocycles. The zero-order valence-corrected chi connectivity index (χ0v) is 10.7. The molecule has 0 saturated heterocycles. The minimum atomic E-state index is 0.477. The lowest BCUT2D eigenvalue weighted by Gasteiger charge is -2.22. The van der Waals surface area contributed by atoms with Gasteiger partial charge in [-0.2, -0.15) is 0 Å². The normalized spacial score (nSPS) is 16.9. The van der Waals surface area contributed by atoms with Crippen LogP contribution in [0.1, 0.15) is 43.7 Å². The van der Waals surface area contributed by atoms with Gasteiger partial charge in [0.05, 0.1) is 6.04 Å². The van der Waals surface area contributed by atoms with E-state index in [1.54, 1.807) is 0 Å². The molecule has 0 radical (unpaired) electrons. The van der Waals surface area contributed by atoms with Gasteiger partial charge in [-0.1, -0.05) is 49.1 Å². The van der Waals surface area contributed by atoms with Crippen molar-refractivity contribution in [3.8, 4) is 11.4 Å². The zero-order chi connectivity index (χ0) is 12.4. The fraction of sp³-hybridized carbons (Fsp3) is 0.500. The van der Waals surface area contributed by atoms with E-state index >= 15 is 0 Å². The summed E-state index contributed by atoms with van der Waals surface area (Å²) in [6.07, 6.45) is 6.32. The minimum Gasteiger partial charge on any atom is -0.222 e. The SMILES string of the molecule is Cc1ccc(-c2nnnn2C2CCCCC2)cc1. The monoisotopic (exact) mass is 242 g/mol. The first-order valence-corrected chi connectivity index (χ1v) is 6.69. The second-order valence-corrected chi connectivity index (χ2v) is 5.10. The molecule has 1 fully saturated rings. The molecule has 1 aromatic heterocycles. The number of tetrazole rings is 1. The number of hydrogen-bond donors (Lipinski definition) is 0. The van der Waals surface area contributed by atoms with Gasteiger partial charge in [-0.15, -0.1) is 5.10 Å². The lowest BCUT2D eigenvalue weighted by molar-refractivity contribution is 0.327. The van der Waals surface area contributed by atoms with E-state index in [1.807, 2.05) is 4.68 Å². The second kappa shape index (κ2) is 4.88. The molecule has 18 heavy (non-hydrogen) atoms. The Morgan fingerprint density at radius 2 is 1.78 bits per heavy atom. The van der Waals surface area contributed by atoms with Crippen molar-refractivity contribution in [1.29, 1.82) is 0 Å². The van der Waals surface area contributed by atoms with Crippen LogP contribution in [0, 0.1) is 6.92 Å². The van der Waals surface area contributed by atoms with Crippen molar-refractivity contribution in [3.05, 3.63) is 29.8 Å². The number of rotatable bonds is 2. The first kappa shape index (κ1) is 11.4. The van der Waals surface area contributed by atoms with E-state index in [-0.39, 0.29) is 0 Å². The summed E-state index contributed by atoms with van der Waals surface area (Å²) in [6, 6.07) is 8.88. The highest BCUT2D eigenvalue weighted by atomic mass is 15.5. The predicted molar refractivity (Wildman–Crippen MR) is 70.1 cm³/mol. The quantitative estimate of drug-likeness (QED) is 0.812. The lowest BCUT2D eigenvalue weighted by atomic mass is 9.95. The molecule has 4 nitrogen and oxygen atoms in total. The molecule has 0 spiro atoms. The Morgan fingerprint density at radius 1 is 1.06 bits per heavy atom. The van der Waals surface area contributed by atoms with Crippen molar-refractivity contribution >= 4 is 0 Å². The van der Waals surface area contributed by atoms with E-state index in [2.05, 4.69) is 46.7 Å². The summed E-state index contributed by atoms with van der Waals surface area (Å²) < 4.78 is 2.02. The maximum Gasteiger partial charge on any atom is 0.182 e. The molecule has 94 valence electrons. The van der Waals surface area contributed by atoms with Gasteiger partial charge in [0.15, 0.2) is 5.82 Å². The summed E-state index contributed by atoms with van der Waals surface area (Å²) in [7, 11) is 0. The molecule has 4 heteroatoms. The van der Waals surface area contributed by atoms with Crippen molar-refractivity contribution in [1.82, 2.24) is 20.2 Å². The van der Waals surface area contributed by atoms with E-state index in [1.165, 1.54) is 37.7 Å². The van der Waals surface area contributed by atoms with Crippen LogP contribution in [0.25, 0.3) is 11.4 Å². The molecule has 1 aliphatic carbocycles. The molecule has 2 aromatic rings. The number of aromatic nitrogens is 4. The van der Waals surface area contributed by atoms with E-state index in [4.69, 9.17) is 0 Å². The van der Waals surface area contributed by atoms with Crippen LogP contribution in [0.4, 0.5) is 0 Å². The summed E-state index contributed by atoms with van der Waals surface area (Å²) in [6.45, 7) is 2.09. The predicted octanol–water partition coefficient (Wildman–Crippen LogP) is 3.15. The standard InChI is InChI=1S/C14H18N4/c1-11-7-9-12(10-8-11)14-15-16-17-18(14)13-5-3-2-4-6-13/h7-10,13H,2-6H2,1H3. The Kier molecular flexibility index (Phi) is 3.09. The summed E-state index contributed by atoms with van der Waals surface area (Å²) in [5.74, 6) is 0.905. The van der Waals surface area contributed by atoms with E-state index < -0.39 is 0 Å². The highest BCUT2D eigenvalue weighted by Crippen LogP contribution is 2.30. The number of aryl methyl sites for hydroxylation is 1. The Hall–Kier alpha value is -1.71. The molecule has 0 unspecified atom stereocenters. The van der Waals surface area contributed by atoms with Crippen molar-refractivity contribution in [2.45, 2.75) is 45.1 Å². The first-order chi connectivity index (χ1) is 8.84. The van der Waals surface area contributed by atoms with E-state index in [0.29, 0.717) is 6.04 Å². The van der Waals surface area contributed by atoms with Gasteiger partial charge in [0, 0.05) is 5.56 Å². The first-order valence-electron chi connectivity index (χ1n) is 6.69. The van der Waals surface area contributed by atoms with E-state index in [0.717, 1.165) is 11.4 Å². The highest BCUT2D eigenvalue weighted by Gasteiger charge is 2.20. The van der Waals surface area contributed by atoms with Gasteiger partial charge in [0.1, 0.15) is 0 Å². The van der Waals surface area contributed by atoms with Crippen LogP contribution in [0.5, 0.6) is 0 Å². The number of nitrogens with zero attached hydrogens (tertiary/aromatic N) is 4. The molecule has 0 N–H and O–H groups in total. The molecule has 0 aliphatic heterocycles. The third kappa shape index (κ3) is 2.15. The summed E-state index contributed by atoms with van der Waals surface area (Å²) in [5.41, 5.74) is 2.37. The van der Waals surface area contributed by atoms with Crippen molar-refractivity contribution in [2.24, 2.45) is 0 Å². The molecular weight excluding hydrogens is 224 g/mol. The van der Waals surface area contributed by atoms with Crippen LogP contribution in [-0.4, -0.2) is 20.2 Å². The van der Waals surface area contributed by atoms with Gasteiger partial charge in [0.2, 0.25) is 0 Å². The van der Waals surface area contributed by atoms with Gasteiger partial charge >= 0.3 is 0 Å². The van der Waals surface area contributed by atoms with Crippen LogP contribution in [0.2, 0.25) is 0 Å². The fourth-order valence-electron chi connectivity index (χ4n) is 2.66. The largest absolute Gasteiger partial charge is 0.222 e.